The Hall–Kier alpha value is -7.01. The van der Waals surface area contributed by atoms with Crippen molar-refractivity contribution in [2.24, 2.45) is 0 Å². The highest BCUT2D eigenvalue weighted by Crippen LogP contribution is 2.42. The van der Waals surface area contributed by atoms with E-state index >= 15 is 0 Å². The van der Waals surface area contributed by atoms with Gasteiger partial charge < -0.3 is 9.47 Å². The molecule has 0 spiro atoms. The molecule has 3 heterocycles. The van der Waals surface area contributed by atoms with E-state index in [4.69, 9.17) is 0 Å². The molecule has 55 heavy (non-hydrogen) atoms. The first-order valence-electron chi connectivity index (χ1n) is 18.6. The lowest BCUT2D eigenvalue weighted by Crippen LogP contribution is -2.09. The van der Waals surface area contributed by atoms with E-state index in [1.54, 1.807) is 0 Å². The van der Waals surface area contributed by atoms with Crippen LogP contribution in [-0.2, 0) is 0 Å². The van der Waals surface area contributed by atoms with E-state index in [-0.39, 0.29) is 0 Å². The Morgan fingerprint density at radius 1 is 0.418 bits per heavy atom. The topological polar surface area (TPSA) is 21.1 Å². The maximum absolute atomic E-state index is 4.56. The molecule has 0 aliphatic rings. The molecular formula is C51H33N3S. The van der Waals surface area contributed by atoms with E-state index in [1.807, 2.05) is 23.6 Å². The summed E-state index contributed by atoms with van der Waals surface area (Å²) in [6.07, 6.45) is 1.85. The van der Waals surface area contributed by atoms with Crippen LogP contribution < -0.4 is 4.90 Å². The third kappa shape index (κ3) is 5.30. The number of rotatable bonds is 6. The Bertz CT molecular complexity index is 3230. The lowest BCUT2D eigenvalue weighted by atomic mass is 9.97. The van der Waals surface area contributed by atoms with Crippen molar-refractivity contribution in [1.29, 1.82) is 0 Å². The molecule has 8 aromatic carbocycles. The molecule has 0 unspecified atom stereocenters. The molecule has 3 nitrogen and oxygen atoms in total. The minimum Gasteiger partial charge on any atom is -0.310 e. The molecular weight excluding hydrogens is 687 g/mol. The van der Waals surface area contributed by atoms with Crippen LogP contribution in [0.15, 0.2) is 200 Å². The minimum absolute atomic E-state index is 0.986. The van der Waals surface area contributed by atoms with Crippen molar-refractivity contribution >= 4 is 81.3 Å². The molecule has 0 saturated carbocycles. The molecule has 4 heteroatoms. The number of para-hydroxylation sites is 2. The number of fused-ring (bicyclic) bond motifs is 7. The van der Waals surface area contributed by atoms with Gasteiger partial charge in [-0.2, -0.15) is 0 Å². The molecule has 0 radical (unpaired) electrons. The number of pyridine rings is 1. The van der Waals surface area contributed by atoms with Gasteiger partial charge in [-0.1, -0.05) is 109 Å². The first-order chi connectivity index (χ1) is 27.3. The van der Waals surface area contributed by atoms with E-state index in [0.29, 0.717) is 0 Å². The summed E-state index contributed by atoms with van der Waals surface area (Å²) >= 11 is 1.86. The van der Waals surface area contributed by atoms with E-state index < -0.39 is 0 Å². The Labute approximate surface area is 322 Å². The van der Waals surface area contributed by atoms with Gasteiger partial charge in [0.15, 0.2) is 0 Å². The van der Waals surface area contributed by atoms with Crippen molar-refractivity contribution in [3.8, 4) is 27.9 Å². The highest BCUT2D eigenvalue weighted by atomic mass is 32.1. The summed E-state index contributed by atoms with van der Waals surface area (Å²) in [5.74, 6) is 0. The molecule has 0 saturated heterocycles. The summed E-state index contributed by atoms with van der Waals surface area (Å²) < 4.78 is 5.09. The van der Waals surface area contributed by atoms with Crippen LogP contribution in [0.1, 0.15) is 0 Å². The zero-order valence-corrected chi connectivity index (χ0v) is 30.6. The fourth-order valence-electron chi connectivity index (χ4n) is 8.28. The van der Waals surface area contributed by atoms with E-state index in [0.717, 1.165) is 33.5 Å². The molecule has 258 valence electrons. The molecule has 0 aliphatic heterocycles. The average Bonchev–Trinajstić information content (AvgIpc) is 3.80. The number of benzene rings is 8. The second kappa shape index (κ2) is 12.8. The van der Waals surface area contributed by atoms with Crippen LogP contribution >= 0.6 is 11.3 Å². The molecule has 11 aromatic rings. The highest BCUT2D eigenvalue weighted by molar-refractivity contribution is 7.25. The summed E-state index contributed by atoms with van der Waals surface area (Å²) in [4.78, 5) is 6.89. The van der Waals surface area contributed by atoms with Crippen molar-refractivity contribution < 1.29 is 0 Å². The third-order valence-corrected chi connectivity index (χ3v) is 11.9. The van der Waals surface area contributed by atoms with Crippen molar-refractivity contribution in [3.63, 3.8) is 0 Å². The van der Waals surface area contributed by atoms with Gasteiger partial charge in [0, 0.05) is 59.6 Å². The molecule has 0 amide bonds. The number of thiophene rings is 1. The summed E-state index contributed by atoms with van der Waals surface area (Å²) in [6.45, 7) is 0. The monoisotopic (exact) mass is 719 g/mol. The zero-order chi connectivity index (χ0) is 36.3. The number of hydrogen-bond donors (Lipinski definition) is 0. The zero-order valence-electron chi connectivity index (χ0n) is 29.8. The Morgan fingerprint density at radius 3 is 1.98 bits per heavy atom. The maximum Gasteiger partial charge on any atom is 0.0703 e. The standard InChI is InChI=1S/C51H33N3S/c1-2-16-39(17-3-1)53(41-26-28-45-38(32-41)15-11-29-52-45)40-18-9-14-36(31-40)34-12-8-13-35(30-34)37-25-27-43-42-19-4-6-21-46(42)54(48(43)33-37)47-22-10-24-50-51(47)44-20-5-7-23-49(44)55-50/h1-33H. The Balaban J connectivity index is 1.04. The summed E-state index contributed by atoms with van der Waals surface area (Å²) in [7, 11) is 0. The van der Waals surface area contributed by atoms with Crippen LogP contribution in [0, 0.1) is 0 Å². The number of nitrogens with zero attached hydrogens (tertiary/aromatic N) is 3. The summed E-state index contributed by atoms with van der Waals surface area (Å²) in [6, 6.07) is 70.3. The smallest absolute Gasteiger partial charge is 0.0703 e. The molecule has 0 N–H and O–H groups in total. The SMILES string of the molecule is c1ccc(N(c2cccc(-c3cccc(-c4ccc5c6ccccc6n(-c6cccc7sc8ccccc8c67)c5c4)c3)c2)c2ccc3ncccc3c2)cc1. The second-order valence-electron chi connectivity index (χ2n) is 14.0. The predicted molar refractivity (Wildman–Crippen MR) is 235 cm³/mol. The van der Waals surface area contributed by atoms with Gasteiger partial charge in [-0.15, -0.1) is 11.3 Å². The third-order valence-electron chi connectivity index (χ3n) is 10.8. The van der Waals surface area contributed by atoms with Gasteiger partial charge in [0.2, 0.25) is 0 Å². The van der Waals surface area contributed by atoms with Gasteiger partial charge in [-0.25, -0.2) is 0 Å². The molecule has 0 aliphatic carbocycles. The summed E-state index contributed by atoms with van der Waals surface area (Å²) in [5.41, 5.74) is 12.6. The van der Waals surface area contributed by atoms with Crippen LogP contribution in [0.5, 0.6) is 0 Å². The first-order valence-corrected chi connectivity index (χ1v) is 19.4. The number of aromatic nitrogens is 2. The van der Waals surface area contributed by atoms with Gasteiger partial charge in [-0.05, 0) is 107 Å². The van der Waals surface area contributed by atoms with Crippen LogP contribution in [0.3, 0.4) is 0 Å². The average molecular weight is 720 g/mol. The van der Waals surface area contributed by atoms with Crippen LogP contribution in [0.2, 0.25) is 0 Å². The van der Waals surface area contributed by atoms with Crippen molar-refractivity contribution in [2.75, 3.05) is 4.90 Å². The van der Waals surface area contributed by atoms with Crippen molar-refractivity contribution in [1.82, 2.24) is 9.55 Å². The number of hydrogen-bond acceptors (Lipinski definition) is 3. The van der Waals surface area contributed by atoms with E-state index in [9.17, 15) is 0 Å². The molecule has 0 bridgehead atoms. The van der Waals surface area contributed by atoms with Crippen LogP contribution in [-0.4, -0.2) is 9.55 Å². The van der Waals surface area contributed by atoms with Gasteiger partial charge in [-0.3, -0.25) is 4.98 Å². The normalized spacial score (nSPS) is 11.6. The number of anilines is 3. The van der Waals surface area contributed by atoms with Gasteiger partial charge >= 0.3 is 0 Å². The second-order valence-corrected chi connectivity index (χ2v) is 15.1. The fourth-order valence-corrected chi connectivity index (χ4v) is 9.41. The van der Waals surface area contributed by atoms with Gasteiger partial charge in [0.05, 0.1) is 22.2 Å². The Morgan fingerprint density at radius 2 is 1.09 bits per heavy atom. The van der Waals surface area contributed by atoms with Crippen LogP contribution in [0.25, 0.3) is 80.8 Å². The minimum atomic E-state index is 0.986. The van der Waals surface area contributed by atoms with Crippen molar-refractivity contribution in [2.45, 2.75) is 0 Å². The van der Waals surface area contributed by atoms with Crippen molar-refractivity contribution in [3.05, 3.63) is 200 Å². The van der Waals surface area contributed by atoms with Gasteiger partial charge in [0.1, 0.15) is 0 Å². The first kappa shape index (κ1) is 31.5. The highest BCUT2D eigenvalue weighted by Gasteiger charge is 2.18. The lowest BCUT2D eigenvalue weighted by Gasteiger charge is -2.26. The molecule has 0 fully saturated rings. The van der Waals surface area contributed by atoms with Gasteiger partial charge in [0.25, 0.3) is 0 Å². The summed E-state index contributed by atoms with van der Waals surface area (Å²) in [5, 5.41) is 6.24. The molecule has 0 atom stereocenters. The quantitative estimate of drug-likeness (QED) is 0.171. The Kier molecular flexibility index (Phi) is 7.35. The molecule has 3 aromatic heterocycles. The van der Waals surface area contributed by atoms with E-state index in [2.05, 4.69) is 203 Å². The largest absolute Gasteiger partial charge is 0.310 e. The lowest BCUT2D eigenvalue weighted by molar-refractivity contribution is 1.20. The fraction of sp³-hybridized carbons (Fsp3) is 0. The van der Waals surface area contributed by atoms with Crippen LogP contribution in [0.4, 0.5) is 17.1 Å². The predicted octanol–water partition coefficient (Wildman–Crippen LogP) is 14.5. The van der Waals surface area contributed by atoms with E-state index in [1.165, 1.54) is 64.4 Å². The maximum atomic E-state index is 4.56. The molecule has 11 rings (SSSR count).